The van der Waals surface area contributed by atoms with Gasteiger partial charge in [-0.15, -0.1) is 0 Å². The molecule has 0 heterocycles. The monoisotopic (exact) mass is 346 g/mol. The minimum Gasteiger partial charge on any atom is -0.298 e. The van der Waals surface area contributed by atoms with Gasteiger partial charge in [-0.25, -0.2) is 0 Å². The number of carbonyl (C=O) groups excluding carboxylic acids is 1. The third-order valence-corrected chi connectivity index (χ3v) is 6.60. The third-order valence-electron chi connectivity index (χ3n) is 6.60. The quantitative estimate of drug-likeness (QED) is 0.671. The molecule has 0 aromatic heterocycles. The van der Waals surface area contributed by atoms with E-state index in [1.54, 1.807) is 0 Å². The Morgan fingerprint density at radius 2 is 1.04 bits per heavy atom. The van der Waals surface area contributed by atoms with Crippen LogP contribution in [0.25, 0.3) is 0 Å². The molecule has 0 spiro atoms. The first-order valence-corrected chi connectivity index (χ1v) is 10.4. The Bertz CT molecular complexity index is 749. The number of ketones is 1. The van der Waals surface area contributed by atoms with E-state index in [4.69, 9.17) is 0 Å². The number of hydrogen-bond donors (Lipinski definition) is 0. The van der Waals surface area contributed by atoms with Crippen LogP contribution >= 0.6 is 0 Å². The van der Waals surface area contributed by atoms with E-state index in [0.717, 1.165) is 0 Å². The number of hydrogen-bond acceptors (Lipinski definition) is 1. The van der Waals surface area contributed by atoms with Crippen molar-refractivity contribution in [1.29, 1.82) is 0 Å². The van der Waals surface area contributed by atoms with Gasteiger partial charge in [0.2, 0.25) is 0 Å². The smallest absolute Gasteiger partial charge is 0.147 e. The topological polar surface area (TPSA) is 17.1 Å². The molecule has 2 aromatic carbocycles. The summed E-state index contributed by atoms with van der Waals surface area (Å²) in [7, 11) is 0. The molecule has 0 aliphatic heterocycles. The Kier molecular flexibility index (Phi) is 4.98. The number of fused-ring (bicyclic) bond motifs is 2. The molecule has 1 heteroatoms. The largest absolute Gasteiger partial charge is 0.298 e. The van der Waals surface area contributed by atoms with Gasteiger partial charge >= 0.3 is 0 Å². The standard InChI is InChI=1S/C25H30O/c1-17(21-13-11-19-7-3-5-9-23(19)15-21)25(26)18(2)22-14-12-20-8-4-6-10-24(20)16-22/h11-18H,3-10H2,1-2H3. The highest BCUT2D eigenvalue weighted by Gasteiger charge is 2.24. The summed E-state index contributed by atoms with van der Waals surface area (Å²) in [6, 6.07) is 13.5. The van der Waals surface area contributed by atoms with Crippen LogP contribution in [0.15, 0.2) is 36.4 Å². The average molecular weight is 347 g/mol. The molecular weight excluding hydrogens is 316 g/mol. The van der Waals surface area contributed by atoms with Gasteiger partial charge in [0.25, 0.3) is 0 Å². The van der Waals surface area contributed by atoms with Gasteiger partial charge in [0.1, 0.15) is 5.78 Å². The lowest BCUT2D eigenvalue weighted by Crippen LogP contribution is -2.18. The first-order chi connectivity index (χ1) is 12.6. The summed E-state index contributed by atoms with van der Waals surface area (Å²) in [5.74, 6) is 0.276. The number of aryl methyl sites for hydroxylation is 4. The van der Waals surface area contributed by atoms with Crippen LogP contribution in [-0.4, -0.2) is 5.78 Å². The normalized spacial score (nSPS) is 18.5. The molecule has 2 atom stereocenters. The molecule has 0 fully saturated rings. The van der Waals surface area contributed by atoms with Crippen molar-refractivity contribution in [2.45, 2.75) is 77.0 Å². The Labute approximate surface area is 157 Å². The molecule has 2 unspecified atom stereocenters. The van der Waals surface area contributed by atoms with Crippen molar-refractivity contribution in [2.75, 3.05) is 0 Å². The van der Waals surface area contributed by atoms with Gasteiger partial charge in [-0.2, -0.15) is 0 Å². The Balaban J connectivity index is 1.54. The molecule has 4 rings (SSSR count). The first kappa shape index (κ1) is 17.5. The minimum absolute atomic E-state index is 0.0340. The van der Waals surface area contributed by atoms with E-state index in [1.165, 1.54) is 84.7 Å². The summed E-state index contributed by atoms with van der Waals surface area (Å²) >= 11 is 0. The molecule has 1 nitrogen and oxygen atoms in total. The highest BCUT2D eigenvalue weighted by Crippen LogP contribution is 2.31. The van der Waals surface area contributed by atoms with E-state index in [0.29, 0.717) is 5.78 Å². The SMILES string of the molecule is CC(C(=O)C(C)c1ccc2c(c1)CCCC2)c1ccc2c(c1)CCCC2. The molecule has 26 heavy (non-hydrogen) atoms. The Hall–Kier alpha value is -1.89. The van der Waals surface area contributed by atoms with Crippen LogP contribution in [0.5, 0.6) is 0 Å². The van der Waals surface area contributed by atoms with Crippen molar-refractivity contribution in [2.24, 2.45) is 0 Å². The predicted octanol–water partition coefficient (Wildman–Crippen LogP) is 5.92. The lowest BCUT2D eigenvalue weighted by atomic mass is 9.81. The molecule has 0 saturated carbocycles. The first-order valence-electron chi connectivity index (χ1n) is 10.4. The molecule has 0 N–H and O–H groups in total. The molecule has 2 aliphatic rings. The van der Waals surface area contributed by atoms with E-state index in [9.17, 15) is 4.79 Å². The number of Topliss-reactive ketones (excluding diaryl/α,β-unsaturated/α-hetero) is 1. The van der Waals surface area contributed by atoms with E-state index in [2.05, 4.69) is 50.2 Å². The summed E-state index contributed by atoms with van der Waals surface area (Å²) in [6.45, 7) is 4.17. The Morgan fingerprint density at radius 3 is 1.46 bits per heavy atom. The zero-order valence-corrected chi connectivity index (χ0v) is 16.2. The fourth-order valence-electron chi connectivity index (χ4n) is 4.75. The second-order valence-corrected chi connectivity index (χ2v) is 8.32. The van der Waals surface area contributed by atoms with Crippen LogP contribution in [0.3, 0.4) is 0 Å². The fourth-order valence-corrected chi connectivity index (χ4v) is 4.75. The lowest BCUT2D eigenvalue weighted by Gasteiger charge is -2.22. The van der Waals surface area contributed by atoms with Gasteiger partial charge in [-0.3, -0.25) is 4.79 Å². The number of rotatable bonds is 4. The second kappa shape index (κ2) is 7.39. The maximum Gasteiger partial charge on any atom is 0.147 e. The minimum atomic E-state index is -0.0340. The maximum absolute atomic E-state index is 13.2. The highest BCUT2D eigenvalue weighted by atomic mass is 16.1. The van der Waals surface area contributed by atoms with Crippen LogP contribution in [0, 0.1) is 0 Å². The van der Waals surface area contributed by atoms with Crippen LogP contribution in [0.2, 0.25) is 0 Å². The van der Waals surface area contributed by atoms with Crippen molar-refractivity contribution >= 4 is 5.78 Å². The zero-order chi connectivity index (χ0) is 18.1. The zero-order valence-electron chi connectivity index (χ0n) is 16.2. The van der Waals surface area contributed by atoms with Crippen molar-refractivity contribution in [1.82, 2.24) is 0 Å². The summed E-state index contributed by atoms with van der Waals surface area (Å²) in [4.78, 5) is 13.2. The van der Waals surface area contributed by atoms with Gasteiger partial charge in [0.15, 0.2) is 0 Å². The molecule has 2 aromatic rings. The molecule has 0 bridgehead atoms. The highest BCUT2D eigenvalue weighted by molar-refractivity contribution is 5.91. The predicted molar refractivity (Wildman–Crippen MR) is 108 cm³/mol. The van der Waals surface area contributed by atoms with E-state index in [1.807, 2.05) is 0 Å². The van der Waals surface area contributed by atoms with Crippen molar-refractivity contribution in [3.63, 3.8) is 0 Å². The number of carbonyl (C=O) groups is 1. The van der Waals surface area contributed by atoms with E-state index in [-0.39, 0.29) is 11.8 Å². The van der Waals surface area contributed by atoms with Crippen LogP contribution in [-0.2, 0) is 30.5 Å². The van der Waals surface area contributed by atoms with Gasteiger partial charge in [0.05, 0.1) is 0 Å². The van der Waals surface area contributed by atoms with Gasteiger partial charge in [-0.1, -0.05) is 50.2 Å². The van der Waals surface area contributed by atoms with Gasteiger partial charge in [0, 0.05) is 11.8 Å². The van der Waals surface area contributed by atoms with Crippen LogP contribution < -0.4 is 0 Å². The third kappa shape index (κ3) is 3.37. The van der Waals surface area contributed by atoms with E-state index < -0.39 is 0 Å². The van der Waals surface area contributed by atoms with Crippen LogP contribution in [0.1, 0.15) is 84.7 Å². The summed E-state index contributed by atoms with van der Waals surface area (Å²) < 4.78 is 0. The van der Waals surface area contributed by atoms with Crippen LogP contribution in [0.4, 0.5) is 0 Å². The molecule has 136 valence electrons. The summed E-state index contributed by atoms with van der Waals surface area (Å²) in [5.41, 5.74) is 8.30. The molecule has 0 saturated heterocycles. The molecule has 0 radical (unpaired) electrons. The van der Waals surface area contributed by atoms with Gasteiger partial charge < -0.3 is 0 Å². The van der Waals surface area contributed by atoms with Crippen molar-refractivity contribution < 1.29 is 4.79 Å². The van der Waals surface area contributed by atoms with Crippen molar-refractivity contribution in [3.8, 4) is 0 Å². The van der Waals surface area contributed by atoms with Gasteiger partial charge in [-0.05, 0) is 84.7 Å². The van der Waals surface area contributed by atoms with E-state index >= 15 is 0 Å². The maximum atomic E-state index is 13.2. The summed E-state index contributed by atoms with van der Waals surface area (Å²) in [5, 5.41) is 0. The fraction of sp³-hybridized carbons (Fsp3) is 0.480. The molecule has 0 amide bonds. The Morgan fingerprint density at radius 1 is 0.654 bits per heavy atom. The number of benzene rings is 2. The second-order valence-electron chi connectivity index (χ2n) is 8.32. The summed E-state index contributed by atoms with van der Waals surface area (Å²) in [6.07, 6.45) is 9.91. The van der Waals surface area contributed by atoms with Crippen molar-refractivity contribution in [3.05, 3.63) is 69.8 Å². The lowest BCUT2D eigenvalue weighted by molar-refractivity contribution is -0.121. The molecule has 2 aliphatic carbocycles. The molecular formula is C25H30O. The average Bonchev–Trinajstić information content (AvgIpc) is 2.71.